The van der Waals surface area contributed by atoms with Crippen LogP contribution in [0.4, 0.5) is 15.8 Å². The van der Waals surface area contributed by atoms with Gasteiger partial charge in [-0.2, -0.15) is 0 Å². The molecule has 0 atom stereocenters. The van der Waals surface area contributed by atoms with Crippen molar-refractivity contribution < 1.29 is 17.7 Å². The van der Waals surface area contributed by atoms with Crippen molar-refractivity contribution in [1.29, 1.82) is 0 Å². The van der Waals surface area contributed by atoms with Gasteiger partial charge in [-0.05, 0) is 41.1 Å². The second-order valence-electron chi connectivity index (χ2n) is 4.46. The van der Waals surface area contributed by atoms with Crippen LogP contribution < -0.4 is 4.72 Å². The lowest BCUT2D eigenvalue weighted by Gasteiger charge is -2.10. The predicted molar refractivity (Wildman–Crippen MR) is 82.7 cm³/mol. The van der Waals surface area contributed by atoms with E-state index in [1.54, 1.807) is 19.1 Å². The molecule has 0 spiro atoms. The van der Waals surface area contributed by atoms with Gasteiger partial charge in [0.2, 0.25) is 0 Å². The van der Waals surface area contributed by atoms with Crippen LogP contribution >= 0.6 is 15.9 Å². The molecule has 116 valence electrons. The summed E-state index contributed by atoms with van der Waals surface area (Å²) in [5.74, 6) is -1.04. The zero-order chi connectivity index (χ0) is 16.5. The number of benzene rings is 2. The Bertz CT molecular complexity index is 838. The van der Waals surface area contributed by atoms with Crippen LogP contribution in [0.1, 0.15) is 5.56 Å². The second-order valence-corrected chi connectivity index (χ2v) is 7.00. The number of hydrogen-bond acceptors (Lipinski definition) is 4. The topological polar surface area (TPSA) is 89.3 Å². The molecule has 0 saturated carbocycles. The minimum Gasteiger partial charge on any atom is -0.277 e. The summed E-state index contributed by atoms with van der Waals surface area (Å²) in [6.07, 6.45) is 0. The minimum absolute atomic E-state index is 0.0273. The maximum absolute atomic E-state index is 13.8. The molecule has 0 saturated heterocycles. The molecule has 0 amide bonds. The van der Waals surface area contributed by atoms with Crippen molar-refractivity contribution in [3.63, 3.8) is 0 Å². The zero-order valence-corrected chi connectivity index (χ0v) is 13.6. The summed E-state index contributed by atoms with van der Waals surface area (Å²) in [6, 6.07) is 7.65. The number of nitro groups is 1. The number of halogens is 2. The smallest absolute Gasteiger partial charge is 0.277 e. The van der Waals surface area contributed by atoms with Crippen LogP contribution in [-0.4, -0.2) is 13.3 Å². The summed E-state index contributed by atoms with van der Waals surface area (Å²) in [5.41, 5.74) is 0.0112. The first-order chi connectivity index (χ1) is 10.2. The monoisotopic (exact) mass is 388 g/mol. The first-order valence-electron chi connectivity index (χ1n) is 5.93. The SMILES string of the molecule is Cc1ccc(S(=O)(=O)Nc2cc(Br)c([N+](=O)[O-])cc2F)cc1. The van der Waals surface area contributed by atoms with Crippen LogP contribution in [0.25, 0.3) is 0 Å². The number of nitrogens with one attached hydrogen (secondary N) is 1. The number of nitro benzene ring substituents is 1. The molecule has 0 aromatic heterocycles. The van der Waals surface area contributed by atoms with E-state index in [2.05, 4.69) is 20.7 Å². The van der Waals surface area contributed by atoms with Crippen molar-refractivity contribution in [2.24, 2.45) is 0 Å². The Balaban J connectivity index is 2.40. The lowest BCUT2D eigenvalue weighted by atomic mass is 10.2. The molecule has 0 fully saturated rings. The van der Waals surface area contributed by atoms with Crippen LogP contribution in [0, 0.1) is 22.9 Å². The van der Waals surface area contributed by atoms with Gasteiger partial charge in [0, 0.05) is 0 Å². The van der Waals surface area contributed by atoms with Gasteiger partial charge in [0.05, 0.1) is 26.0 Å². The number of nitrogens with zero attached hydrogens (tertiary/aromatic N) is 1. The summed E-state index contributed by atoms with van der Waals surface area (Å²) < 4.78 is 40.2. The maximum atomic E-state index is 13.8. The summed E-state index contributed by atoms with van der Waals surface area (Å²) in [4.78, 5) is 9.89. The molecule has 0 heterocycles. The molecule has 0 radical (unpaired) electrons. The minimum atomic E-state index is -3.98. The molecule has 6 nitrogen and oxygen atoms in total. The number of hydrogen-bond donors (Lipinski definition) is 1. The molecule has 2 aromatic rings. The molecule has 1 N–H and O–H groups in total. The fourth-order valence-corrected chi connectivity index (χ4v) is 3.22. The highest BCUT2D eigenvalue weighted by Gasteiger charge is 2.21. The van der Waals surface area contributed by atoms with Gasteiger partial charge in [-0.15, -0.1) is 0 Å². The van der Waals surface area contributed by atoms with Gasteiger partial charge < -0.3 is 0 Å². The van der Waals surface area contributed by atoms with Gasteiger partial charge in [-0.1, -0.05) is 17.7 Å². The Morgan fingerprint density at radius 1 is 1.23 bits per heavy atom. The van der Waals surface area contributed by atoms with E-state index in [4.69, 9.17) is 0 Å². The van der Waals surface area contributed by atoms with E-state index in [0.29, 0.717) is 6.07 Å². The summed E-state index contributed by atoms with van der Waals surface area (Å²) in [5, 5.41) is 10.7. The Kier molecular flexibility index (Phi) is 4.47. The lowest BCUT2D eigenvalue weighted by molar-refractivity contribution is -0.385. The Morgan fingerprint density at radius 3 is 2.36 bits per heavy atom. The highest BCUT2D eigenvalue weighted by molar-refractivity contribution is 9.10. The zero-order valence-electron chi connectivity index (χ0n) is 11.2. The summed E-state index contributed by atoms with van der Waals surface area (Å²) in [7, 11) is -3.98. The number of anilines is 1. The quantitative estimate of drug-likeness (QED) is 0.639. The highest BCUT2D eigenvalue weighted by Crippen LogP contribution is 2.31. The van der Waals surface area contributed by atoms with E-state index in [1.807, 2.05) is 0 Å². The third kappa shape index (κ3) is 3.42. The second kappa shape index (κ2) is 6.01. The molecule has 2 aromatic carbocycles. The van der Waals surface area contributed by atoms with Gasteiger partial charge in [0.1, 0.15) is 0 Å². The van der Waals surface area contributed by atoms with E-state index in [0.717, 1.165) is 11.6 Å². The molecule has 0 unspecified atom stereocenters. The summed E-state index contributed by atoms with van der Waals surface area (Å²) in [6.45, 7) is 1.80. The van der Waals surface area contributed by atoms with Crippen LogP contribution in [0.2, 0.25) is 0 Å². The normalized spacial score (nSPS) is 11.2. The molecule has 22 heavy (non-hydrogen) atoms. The fraction of sp³-hybridized carbons (Fsp3) is 0.0769. The molecule has 9 heteroatoms. The Hall–Kier alpha value is -2.00. The molecular formula is C13H10BrFN2O4S. The van der Waals surface area contributed by atoms with Crippen LogP contribution in [0.3, 0.4) is 0 Å². The molecule has 0 aliphatic carbocycles. The predicted octanol–water partition coefficient (Wildman–Crippen LogP) is 3.61. The number of aryl methyl sites for hydroxylation is 1. The average Bonchev–Trinajstić information content (AvgIpc) is 2.42. The summed E-state index contributed by atoms with van der Waals surface area (Å²) >= 11 is 2.91. The van der Waals surface area contributed by atoms with Crippen LogP contribution in [-0.2, 0) is 10.0 Å². The van der Waals surface area contributed by atoms with Crippen molar-refractivity contribution >= 4 is 37.3 Å². The average molecular weight is 389 g/mol. The Labute approximate surface area is 134 Å². The van der Waals surface area contributed by atoms with Crippen molar-refractivity contribution in [1.82, 2.24) is 0 Å². The fourth-order valence-electron chi connectivity index (χ4n) is 1.68. The number of sulfonamides is 1. The molecular weight excluding hydrogens is 379 g/mol. The number of rotatable bonds is 4. The van der Waals surface area contributed by atoms with Crippen LogP contribution in [0.15, 0.2) is 45.8 Å². The van der Waals surface area contributed by atoms with Gasteiger partial charge in [0.25, 0.3) is 15.7 Å². The van der Waals surface area contributed by atoms with Gasteiger partial charge in [-0.25, -0.2) is 12.8 Å². The first-order valence-corrected chi connectivity index (χ1v) is 8.21. The van der Waals surface area contributed by atoms with Gasteiger partial charge in [0.15, 0.2) is 5.82 Å². The van der Waals surface area contributed by atoms with E-state index in [-0.39, 0.29) is 15.1 Å². The largest absolute Gasteiger partial charge is 0.286 e. The van der Waals surface area contributed by atoms with E-state index in [9.17, 15) is 22.9 Å². The van der Waals surface area contributed by atoms with E-state index < -0.39 is 26.5 Å². The van der Waals surface area contributed by atoms with Gasteiger partial charge >= 0.3 is 0 Å². The van der Waals surface area contributed by atoms with Crippen molar-refractivity contribution in [3.8, 4) is 0 Å². The molecule has 0 bridgehead atoms. The molecule has 2 rings (SSSR count). The lowest BCUT2D eigenvalue weighted by Crippen LogP contribution is -2.14. The third-order valence-electron chi connectivity index (χ3n) is 2.81. The standard InChI is InChI=1S/C13H10BrFN2O4S/c1-8-2-4-9(5-3-8)22(20,21)16-12-6-10(14)13(17(18)19)7-11(12)15/h2-7,16H,1H3. The first kappa shape index (κ1) is 16.4. The highest BCUT2D eigenvalue weighted by atomic mass is 79.9. The Morgan fingerprint density at radius 2 is 1.82 bits per heavy atom. The van der Waals surface area contributed by atoms with Crippen molar-refractivity contribution in [3.05, 3.63) is 62.4 Å². The van der Waals surface area contributed by atoms with Gasteiger partial charge in [-0.3, -0.25) is 14.8 Å². The third-order valence-corrected chi connectivity index (χ3v) is 4.83. The van der Waals surface area contributed by atoms with E-state index in [1.165, 1.54) is 12.1 Å². The molecule has 0 aliphatic heterocycles. The maximum Gasteiger partial charge on any atom is 0.286 e. The van der Waals surface area contributed by atoms with Crippen molar-refractivity contribution in [2.45, 2.75) is 11.8 Å². The molecule has 0 aliphatic rings. The van der Waals surface area contributed by atoms with Crippen LogP contribution in [0.5, 0.6) is 0 Å². The van der Waals surface area contributed by atoms with E-state index >= 15 is 0 Å². The van der Waals surface area contributed by atoms with Crippen molar-refractivity contribution in [2.75, 3.05) is 4.72 Å².